The number of aromatic amines is 1. The van der Waals surface area contributed by atoms with Gasteiger partial charge in [0, 0.05) is 28.0 Å². The van der Waals surface area contributed by atoms with E-state index >= 15 is 0 Å². The maximum Gasteiger partial charge on any atom is 0.209 e. The highest BCUT2D eigenvalue weighted by molar-refractivity contribution is 7.88. The molecule has 0 spiro atoms. The number of nitrogens with one attached hydrogen (secondary N) is 2. The van der Waals surface area contributed by atoms with Gasteiger partial charge in [-0.1, -0.05) is 24.3 Å². The molecule has 0 saturated carbocycles. The zero-order chi connectivity index (χ0) is 24.7. The summed E-state index contributed by atoms with van der Waals surface area (Å²) in [5.74, 6) is -0.925. The summed E-state index contributed by atoms with van der Waals surface area (Å²) in [6.07, 6.45) is 1.46. The number of fused-ring (bicyclic) bond motifs is 3. The van der Waals surface area contributed by atoms with Gasteiger partial charge in [-0.2, -0.15) is 5.10 Å². The summed E-state index contributed by atoms with van der Waals surface area (Å²) in [4.78, 5) is 0. The van der Waals surface area contributed by atoms with E-state index in [4.69, 9.17) is 0 Å². The molecule has 10 heteroatoms. The first kappa shape index (κ1) is 23.2. The van der Waals surface area contributed by atoms with Gasteiger partial charge in [0.05, 0.1) is 30.6 Å². The van der Waals surface area contributed by atoms with E-state index in [1.165, 1.54) is 24.3 Å². The number of halogens is 2. The molecule has 5 rings (SSSR count). The van der Waals surface area contributed by atoms with Crippen LogP contribution in [0.1, 0.15) is 11.6 Å². The Kier molecular flexibility index (Phi) is 5.87. The van der Waals surface area contributed by atoms with Crippen molar-refractivity contribution in [3.8, 4) is 11.3 Å². The Morgan fingerprint density at radius 3 is 2.09 bits per heavy atom. The Balaban J connectivity index is 1.55. The van der Waals surface area contributed by atoms with E-state index in [1.54, 1.807) is 47.2 Å². The van der Waals surface area contributed by atoms with E-state index < -0.39 is 33.8 Å². The van der Waals surface area contributed by atoms with Crippen molar-refractivity contribution in [3.05, 3.63) is 90.1 Å². The van der Waals surface area contributed by atoms with Crippen molar-refractivity contribution in [3.63, 3.8) is 0 Å². The van der Waals surface area contributed by atoms with E-state index in [1.807, 2.05) is 6.07 Å². The van der Waals surface area contributed by atoms with Gasteiger partial charge in [0.25, 0.3) is 0 Å². The van der Waals surface area contributed by atoms with E-state index in [0.717, 1.165) is 17.5 Å². The third-order valence-corrected chi connectivity index (χ3v) is 6.65. The van der Waals surface area contributed by atoms with Crippen molar-refractivity contribution in [2.24, 2.45) is 0 Å². The minimum absolute atomic E-state index is 0.0211. The summed E-state index contributed by atoms with van der Waals surface area (Å²) < 4.78 is 56.5. The maximum absolute atomic E-state index is 14.0. The molecule has 0 aliphatic carbocycles. The van der Waals surface area contributed by atoms with Gasteiger partial charge in [0.15, 0.2) is 0 Å². The van der Waals surface area contributed by atoms with E-state index in [-0.39, 0.29) is 6.54 Å². The highest BCUT2D eigenvalue weighted by atomic mass is 32.2. The number of rotatable bonds is 7. The maximum atomic E-state index is 14.0. The van der Waals surface area contributed by atoms with Crippen molar-refractivity contribution in [2.75, 3.05) is 6.26 Å². The first-order chi connectivity index (χ1) is 16.7. The molecule has 0 aliphatic heterocycles. The fourth-order valence-electron chi connectivity index (χ4n) is 4.42. The first-order valence-corrected chi connectivity index (χ1v) is 12.7. The molecule has 2 heterocycles. The van der Waals surface area contributed by atoms with Crippen LogP contribution in [0.15, 0.2) is 72.9 Å². The Labute approximate surface area is 200 Å². The van der Waals surface area contributed by atoms with Gasteiger partial charge in [0.1, 0.15) is 11.6 Å². The van der Waals surface area contributed by atoms with Crippen LogP contribution in [0.4, 0.5) is 8.78 Å². The fraction of sp³-hybridized carbons (Fsp3) is 0.160. The molecule has 3 N–H and O–H groups in total. The Morgan fingerprint density at radius 2 is 1.57 bits per heavy atom. The molecule has 0 fully saturated rings. The highest BCUT2D eigenvalue weighted by Gasteiger charge is 2.26. The number of hydrogen-bond acceptors (Lipinski definition) is 4. The molecule has 180 valence electrons. The van der Waals surface area contributed by atoms with Crippen LogP contribution in [0.2, 0.25) is 0 Å². The van der Waals surface area contributed by atoms with Gasteiger partial charge in [-0.25, -0.2) is 21.9 Å². The predicted octanol–water partition coefficient (Wildman–Crippen LogP) is 4.11. The molecule has 2 atom stereocenters. The fourth-order valence-corrected chi connectivity index (χ4v) is 5.18. The number of sulfonamides is 1. The third-order valence-electron chi connectivity index (χ3n) is 5.97. The molecule has 0 saturated heterocycles. The summed E-state index contributed by atoms with van der Waals surface area (Å²) in [7, 11) is -3.68. The van der Waals surface area contributed by atoms with E-state index in [9.17, 15) is 22.3 Å². The summed E-state index contributed by atoms with van der Waals surface area (Å²) in [5, 5.41) is 19.1. The van der Waals surface area contributed by atoms with Gasteiger partial charge in [-0.15, -0.1) is 0 Å². The smallest absolute Gasteiger partial charge is 0.209 e. The van der Waals surface area contributed by atoms with Crippen molar-refractivity contribution in [2.45, 2.75) is 18.7 Å². The minimum atomic E-state index is -3.68. The van der Waals surface area contributed by atoms with Crippen molar-refractivity contribution < 1.29 is 22.3 Å². The average molecular weight is 497 g/mol. The van der Waals surface area contributed by atoms with Gasteiger partial charge >= 0.3 is 0 Å². The molecule has 0 aliphatic rings. The molecule has 0 amide bonds. The van der Waals surface area contributed by atoms with Gasteiger partial charge in [0.2, 0.25) is 10.0 Å². The van der Waals surface area contributed by atoms with Gasteiger partial charge in [-0.05, 0) is 53.6 Å². The minimum Gasteiger partial charge on any atom is -0.389 e. The second-order valence-corrected chi connectivity index (χ2v) is 10.2. The topological polar surface area (TPSA) is 100 Å². The molecular formula is C25H22F2N4O3S. The number of hydrogen-bond donors (Lipinski definition) is 3. The molecule has 0 bridgehead atoms. The van der Waals surface area contributed by atoms with Crippen molar-refractivity contribution in [1.82, 2.24) is 19.5 Å². The molecule has 2 unspecified atom stereocenters. The SMILES string of the molecule is CS(=O)(=O)NC(c1ccc(-c2ccn[nH]2)cc1)C(O)Cn1c2ccc(F)cc2c2cc(F)ccc21. The largest absolute Gasteiger partial charge is 0.389 e. The van der Waals surface area contributed by atoms with Crippen LogP contribution in [0.5, 0.6) is 0 Å². The Morgan fingerprint density at radius 1 is 0.971 bits per heavy atom. The molecule has 3 aromatic carbocycles. The molecule has 5 aromatic rings. The van der Waals surface area contributed by atoms with Gasteiger partial charge < -0.3 is 9.67 Å². The van der Waals surface area contributed by atoms with Crippen LogP contribution in [0.3, 0.4) is 0 Å². The molecule has 7 nitrogen and oxygen atoms in total. The van der Waals surface area contributed by atoms with Crippen LogP contribution < -0.4 is 4.72 Å². The highest BCUT2D eigenvalue weighted by Crippen LogP contribution is 2.32. The summed E-state index contributed by atoms with van der Waals surface area (Å²) >= 11 is 0. The van der Waals surface area contributed by atoms with Crippen LogP contribution in [0, 0.1) is 11.6 Å². The number of nitrogens with zero attached hydrogens (tertiary/aromatic N) is 2. The number of aromatic nitrogens is 3. The molecule has 0 radical (unpaired) electrons. The Bertz CT molecular complexity index is 1560. The van der Waals surface area contributed by atoms with Crippen LogP contribution in [-0.4, -0.2) is 40.6 Å². The van der Waals surface area contributed by atoms with E-state index in [2.05, 4.69) is 14.9 Å². The number of benzene rings is 3. The quantitative estimate of drug-likeness (QED) is 0.316. The second-order valence-electron chi connectivity index (χ2n) is 8.46. The molecule has 2 aromatic heterocycles. The number of H-pyrrole nitrogens is 1. The first-order valence-electron chi connectivity index (χ1n) is 10.8. The average Bonchev–Trinajstić information content (AvgIpc) is 3.44. The van der Waals surface area contributed by atoms with Crippen molar-refractivity contribution in [1.29, 1.82) is 0 Å². The van der Waals surface area contributed by atoms with Crippen LogP contribution >= 0.6 is 0 Å². The van der Waals surface area contributed by atoms with Crippen LogP contribution in [-0.2, 0) is 16.6 Å². The van der Waals surface area contributed by atoms with Gasteiger partial charge in [-0.3, -0.25) is 5.10 Å². The lowest BCUT2D eigenvalue weighted by Gasteiger charge is -2.25. The zero-order valence-corrected chi connectivity index (χ0v) is 19.4. The summed E-state index contributed by atoms with van der Waals surface area (Å²) in [6.45, 7) is -0.0211. The monoisotopic (exact) mass is 496 g/mol. The molecular weight excluding hydrogens is 474 g/mol. The predicted molar refractivity (Wildman–Crippen MR) is 130 cm³/mol. The third kappa shape index (κ3) is 4.68. The standard InChI is InChI=1S/C25H22F2N4O3S/c1-35(33,34)30-25(16-4-2-15(3-5-16)21-10-11-28-29-21)24(32)14-31-22-8-6-17(26)12-19(22)20-13-18(27)7-9-23(20)31/h2-13,24-25,30,32H,14H2,1H3,(H,28,29). The lowest BCUT2D eigenvalue weighted by atomic mass is 10.00. The number of aliphatic hydroxyl groups is 1. The summed E-state index contributed by atoms with van der Waals surface area (Å²) in [5.41, 5.74) is 3.40. The lowest BCUT2D eigenvalue weighted by molar-refractivity contribution is 0.121. The molecule has 35 heavy (non-hydrogen) atoms. The second kappa shape index (κ2) is 8.88. The Hall–Kier alpha value is -3.60. The number of aliphatic hydroxyl groups excluding tert-OH is 1. The zero-order valence-electron chi connectivity index (χ0n) is 18.6. The normalized spacial score (nSPS) is 13.9. The van der Waals surface area contributed by atoms with Crippen molar-refractivity contribution >= 4 is 31.8 Å². The lowest BCUT2D eigenvalue weighted by Crippen LogP contribution is -2.37. The summed E-state index contributed by atoms with van der Waals surface area (Å²) in [6, 6.07) is 16.3. The van der Waals surface area contributed by atoms with Crippen LogP contribution in [0.25, 0.3) is 33.1 Å². The van der Waals surface area contributed by atoms with E-state index in [0.29, 0.717) is 27.4 Å².